The van der Waals surface area contributed by atoms with Gasteiger partial charge in [0.1, 0.15) is 6.17 Å². The number of amides is 1. The monoisotopic (exact) mass is 270 g/mol. The van der Waals surface area contributed by atoms with Crippen molar-refractivity contribution in [3.63, 3.8) is 0 Å². The van der Waals surface area contributed by atoms with Crippen molar-refractivity contribution < 1.29 is 13.9 Å². The molecular weight excluding hydrogens is 251 g/mol. The minimum absolute atomic E-state index is 0.164. The van der Waals surface area contributed by atoms with Crippen LogP contribution in [0.1, 0.15) is 17.7 Å². The first-order valence-corrected chi connectivity index (χ1v) is 6.18. The van der Waals surface area contributed by atoms with E-state index in [0.29, 0.717) is 12.4 Å². The molecular formula is C12H19FN4O2. The third-order valence-corrected chi connectivity index (χ3v) is 3.52. The summed E-state index contributed by atoms with van der Waals surface area (Å²) in [5.74, 6) is 0.142. The number of carbonyl (C=O) groups is 1. The van der Waals surface area contributed by atoms with Gasteiger partial charge >= 0.3 is 0 Å². The average Bonchev–Trinajstić information content (AvgIpc) is 2.81. The first-order chi connectivity index (χ1) is 8.93. The minimum Gasteiger partial charge on any atom is -0.481 e. The minimum atomic E-state index is -1.01. The van der Waals surface area contributed by atoms with Crippen LogP contribution in [0.25, 0.3) is 0 Å². The van der Waals surface area contributed by atoms with Crippen LogP contribution in [0, 0.1) is 6.92 Å². The lowest BCUT2D eigenvalue weighted by molar-refractivity contribution is -0.122. The topological polar surface area (TPSA) is 73.4 Å². The standard InChI is InChI=1S/C12H19FN4O2/c1-7-9(12(19-3)16(2)15-7)6-17-5-8(13)4-10(17)11(14)18/h8,10H,4-6H2,1-3H3,(H2,14,18)/t8-,10+/m1/s1. The molecule has 6 nitrogen and oxygen atoms in total. The second kappa shape index (κ2) is 5.16. The molecule has 1 aliphatic rings. The molecule has 0 aromatic carbocycles. The zero-order chi connectivity index (χ0) is 14.2. The van der Waals surface area contributed by atoms with E-state index in [1.807, 2.05) is 6.92 Å². The van der Waals surface area contributed by atoms with E-state index in [1.165, 1.54) is 0 Å². The zero-order valence-corrected chi connectivity index (χ0v) is 11.4. The van der Waals surface area contributed by atoms with Gasteiger partial charge in [0.15, 0.2) is 0 Å². The quantitative estimate of drug-likeness (QED) is 0.844. The Morgan fingerprint density at radius 2 is 2.32 bits per heavy atom. The Bertz CT molecular complexity index is 488. The number of hydrogen-bond donors (Lipinski definition) is 1. The maximum absolute atomic E-state index is 13.5. The van der Waals surface area contributed by atoms with Crippen LogP contribution in [-0.2, 0) is 18.4 Å². The number of alkyl halides is 1. The highest BCUT2D eigenvalue weighted by Gasteiger charge is 2.36. The number of nitrogens with zero attached hydrogens (tertiary/aromatic N) is 3. The fourth-order valence-corrected chi connectivity index (χ4v) is 2.64. The zero-order valence-electron chi connectivity index (χ0n) is 11.4. The summed E-state index contributed by atoms with van der Waals surface area (Å²) in [6.07, 6.45) is -0.850. The Labute approximate surface area is 111 Å². The molecule has 0 radical (unpaired) electrons. The number of aromatic nitrogens is 2. The van der Waals surface area contributed by atoms with E-state index in [1.54, 1.807) is 23.7 Å². The molecule has 2 atom stereocenters. The number of primary amides is 1. The van der Waals surface area contributed by atoms with E-state index in [2.05, 4.69) is 5.10 Å². The van der Waals surface area contributed by atoms with E-state index in [-0.39, 0.29) is 13.0 Å². The first kappa shape index (κ1) is 13.8. The highest BCUT2D eigenvalue weighted by atomic mass is 19.1. The maximum Gasteiger partial charge on any atom is 0.234 e. The number of nitrogens with two attached hydrogens (primary N) is 1. The molecule has 19 heavy (non-hydrogen) atoms. The van der Waals surface area contributed by atoms with E-state index >= 15 is 0 Å². The molecule has 1 fully saturated rings. The van der Waals surface area contributed by atoms with Gasteiger partial charge in [0, 0.05) is 26.6 Å². The van der Waals surface area contributed by atoms with Gasteiger partial charge in [0.05, 0.1) is 24.4 Å². The number of methoxy groups -OCH3 is 1. The van der Waals surface area contributed by atoms with Crippen LogP contribution in [0.5, 0.6) is 5.88 Å². The van der Waals surface area contributed by atoms with Crippen LogP contribution < -0.4 is 10.5 Å². The average molecular weight is 270 g/mol. The van der Waals surface area contributed by atoms with Gasteiger partial charge < -0.3 is 10.5 Å². The number of likely N-dealkylation sites (tertiary alicyclic amines) is 1. The van der Waals surface area contributed by atoms with Gasteiger partial charge in [-0.15, -0.1) is 0 Å². The fraction of sp³-hybridized carbons (Fsp3) is 0.667. The lowest BCUT2D eigenvalue weighted by Gasteiger charge is -2.21. The van der Waals surface area contributed by atoms with Crippen LogP contribution in [-0.4, -0.2) is 46.5 Å². The highest BCUT2D eigenvalue weighted by Crippen LogP contribution is 2.27. The van der Waals surface area contributed by atoms with E-state index in [0.717, 1.165) is 11.3 Å². The molecule has 1 amide bonds. The van der Waals surface area contributed by atoms with E-state index in [4.69, 9.17) is 10.5 Å². The smallest absolute Gasteiger partial charge is 0.234 e. The highest BCUT2D eigenvalue weighted by molar-refractivity contribution is 5.80. The number of rotatable bonds is 4. The molecule has 0 bridgehead atoms. The van der Waals surface area contributed by atoms with Crippen LogP contribution in [0.2, 0.25) is 0 Å². The summed E-state index contributed by atoms with van der Waals surface area (Å²) in [7, 11) is 3.34. The summed E-state index contributed by atoms with van der Waals surface area (Å²) < 4.78 is 20.4. The maximum atomic E-state index is 13.5. The molecule has 106 valence electrons. The SMILES string of the molecule is COc1c(CN2C[C@H](F)C[C@H]2C(N)=O)c(C)nn1C. The van der Waals surface area contributed by atoms with Crippen molar-refractivity contribution in [2.45, 2.75) is 32.1 Å². The Kier molecular flexibility index (Phi) is 3.75. The number of hydrogen-bond acceptors (Lipinski definition) is 4. The second-order valence-corrected chi connectivity index (χ2v) is 4.88. The Hall–Kier alpha value is -1.63. The summed E-state index contributed by atoms with van der Waals surface area (Å²) in [5, 5.41) is 4.27. The predicted molar refractivity (Wildman–Crippen MR) is 67.4 cm³/mol. The lowest BCUT2D eigenvalue weighted by atomic mass is 10.2. The molecule has 0 spiro atoms. The molecule has 1 aromatic rings. The number of halogens is 1. The van der Waals surface area contributed by atoms with Gasteiger partial charge in [0.25, 0.3) is 0 Å². The summed E-state index contributed by atoms with van der Waals surface area (Å²) in [6.45, 7) is 2.49. The van der Waals surface area contributed by atoms with Crippen LogP contribution in [0.15, 0.2) is 0 Å². The molecule has 0 aliphatic carbocycles. The molecule has 0 unspecified atom stereocenters. The largest absolute Gasteiger partial charge is 0.481 e. The van der Waals surface area contributed by atoms with Crippen LogP contribution >= 0.6 is 0 Å². The summed E-state index contributed by atoms with van der Waals surface area (Å²) in [6, 6.07) is -0.556. The predicted octanol–water partition coefficient (Wildman–Crippen LogP) is 0.135. The molecule has 0 saturated carbocycles. The number of aryl methyl sites for hydroxylation is 2. The fourth-order valence-electron chi connectivity index (χ4n) is 2.64. The third-order valence-electron chi connectivity index (χ3n) is 3.52. The van der Waals surface area contributed by atoms with Gasteiger partial charge in [-0.25, -0.2) is 9.07 Å². The third kappa shape index (κ3) is 2.56. The van der Waals surface area contributed by atoms with Gasteiger partial charge in [-0.2, -0.15) is 5.10 Å². The van der Waals surface area contributed by atoms with Crippen molar-refractivity contribution in [3.05, 3.63) is 11.3 Å². The van der Waals surface area contributed by atoms with Crippen molar-refractivity contribution in [2.75, 3.05) is 13.7 Å². The van der Waals surface area contributed by atoms with Crippen LogP contribution in [0.3, 0.4) is 0 Å². The summed E-state index contributed by atoms with van der Waals surface area (Å²) in [4.78, 5) is 13.1. The molecule has 2 N–H and O–H groups in total. The number of ether oxygens (including phenoxy) is 1. The Balaban J connectivity index is 2.23. The van der Waals surface area contributed by atoms with Crippen molar-refractivity contribution in [1.29, 1.82) is 0 Å². The van der Waals surface area contributed by atoms with Gasteiger partial charge in [-0.05, 0) is 6.92 Å². The Morgan fingerprint density at radius 3 is 2.89 bits per heavy atom. The lowest BCUT2D eigenvalue weighted by Crippen LogP contribution is -2.39. The molecule has 7 heteroatoms. The molecule has 1 aromatic heterocycles. The Morgan fingerprint density at radius 1 is 1.63 bits per heavy atom. The second-order valence-electron chi connectivity index (χ2n) is 4.88. The number of carbonyl (C=O) groups excluding carboxylic acids is 1. The van der Waals surface area contributed by atoms with Gasteiger partial charge in [-0.3, -0.25) is 9.69 Å². The van der Waals surface area contributed by atoms with Crippen molar-refractivity contribution >= 4 is 5.91 Å². The van der Waals surface area contributed by atoms with Gasteiger partial charge in [-0.1, -0.05) is 0 Å². The van der Waals surface area contributed by atoms with Crippen molar-refractivity contribution in [3.8, 4) is 5.88 Å². The molecule has 1 saturated heterocycles. The molecule has 2 heterocycles. The van der Waals surface area contributed by atoms with Gasteiger partial charge in [0.2, 0.25) is 11.8 Å². The van der Waals surface area contributed by atoms with Crippen molar-refractivity contribution in [1.82, 2.24) is 14.7 Å². The first-order valence-electron chi connectivity index (χ1n) is 6.18. The summed E-state index contributed by atoms with van der Waals surface area (Å²) >= 11 is 0. The van der Waals surface area contributed by atoms with Crippen LogP contribution in [0.4, 0.5) is 4.39 Å². The van der Waals surface area contributed by atoms with E-state index < -0.39 is 18.1 Å². The summed E-state index contributed by atoms with van der Waals surface area (Å²) in [5.41, 5.74) is 6.99. The van der Waals surface area contributed by atoms with E-state index in [9.17, 15) is 9.18 Å². The molecule has 2 rings (SSSR count). The molecule has 1 aliphatic heterocycles. The van der Waals surface area contributed by atoms with Crippen molar-refractivity contribution in [2.24, 2.45) is 12.8 Å². The normalized spacial score (nSPS) is 23.8.